The molecule has 0 radical (unpaired) electrons. The first kappa shape index (κ1) is 14.9. The van der Waals surface area contributed by atoms with Crippen LogP contribution in [-0.2, 0) is 4.79 Å². The number of hydrogen-bond acceptors (Lipinski definition) is 5. The fraction of sp³-hybridized carbons (Fsp3) is 0.700. The molecule has 2 amide bonds. The normalized spacial score (nSPS) is 13.6. The number of aromatic amines is 1. The quantitative estimate of drug-likeness (QED) is 0.518. The molecule has 4 N–H and O–H groups in total. The van der Waals surface area contributed by atoms with Gasteiger partial charge in [-0.3, -0.25) is 4.79 Å². The molecule has 1 heterocycles. The molecule has 0 aliphatic heterocycles. The first-order chi connectivity index (χ1) is 9.00. The number of urea groups is 1. The van der Waals surface area contributed by atoms with E-state index < -0.39 is 11.9 Å². The number of nitrogens with one attached hydrogen (secondary N) is 3. The van der Waals surface area contributed by atoms with Crippen molar-refractivity contribution in [3.8, 4) is 0 Å². The van der Waals surface area contributed by atoms with Crippen molar-refractivity contribution in [2.45, 2.75) is 32.7 Å². The van der Waals surface area contributed by atoms with Crippen molar-refractivity contribution in [2.75, 3.05) is 6.54 Å². The summed E-state index contributed by atoms with van der Waals surface area (Å²) >= 11 is 0. The van der Waals surface area contributed by atoms with Crippen LogP contribution < -0.4 is 10.6 Å². The number of carboxylic acid groups (broad SMARTS) is 1. The summed E-state index contributed by atoms with van der Waals surface area (Å²) in [6.45, 7) is 3.79. The van der Waals surface area contributed by atoms with Crippen molar-refractivity contribution in [3.63, 3.8) is 0 Å². The average Bonchev–Trinajstić information content (AvgIpc) is 2.87. The Hall–Kier alpha value is -2.19. The maximum atomic E-state index is 11.5. The van der Waals surface area contributed by atoms with Crippen LogP contribution >= 0.6 is 0 Å². The van der Waals surface area contributed by atoms with E-state index in [1.54, 1.807) is 13.8 Å². The maximum absolute atomic E-state index is 11.5. The van der Waals surface area contributed by atoms with Crippen LogP contribution in [0.4, 0.5) is 4.79 Å². The van der Waals surface area contributed by atoms with E-state index in [2.05, 4.69) is 31.3 Å². The number of aromatic nitrogens is 4. The summed E-state index contributed by atoms with van der Waals surface area (Å²) in [6, 6.07) is -0.697. The minimum Gasteiger partial charge on any atom is -0.481 e. The summed E-state index contributed by atoms with van der Waals surface area (Å²) in [4.78, 5) is 22.1. The fourth-order valence-electron chi connectivity index (χ4n) is 1.40. The second-order valence-electron chi connectivity index (χ2n) is 4.27. The van der Waals surface area contributed by atoms with Gasteiger partial charge in [-0.05, 0) is 19.8 Å². The van der Waals surface area contributed by atoms with E-state index >= 15 is 0 Å². The van der Waals surface area contributed by atoms with Crippen molar-refractivity contribution in [1.82, 2.24) is 31.3 Å². The number of carboxylic acids is 1. The van der Waals surface area contributed by atoms with Crippen LogP contribution in [0.25, 0.3) is 0 Å². The first-order valence-electron chi connectivity index (χ1n) is 6.01. The number of aliphatic carboxylic acids is 1. The highest BCUT2D eigenvalue weighted by molar-refractivity contribution is 5.74. The SMILES string of the molecule is CC(CCCNC(=O)NC(C)c1nn[nH]n1)C(=O)O. The van der Waals surface area contributed by atoms with Gasteiger partial charge in [-0.25, -0.2) is 4.79 Å². The highest BCUT2D eigenvalue weighted by Gasteiger charge is 2.13. The molecular formula is C10H18N6O3. The van der Waals surface area contributed by atoms with Gasteiger partial charge >= 0.3 is 12.0 Å². The van der Waals surface area contributed by atoms with Crippen LogP contribution in [0.5, 0.6) is 0 Å². The van der Waals surface area contributed by atoms with Crippen LogP contribution in [0.1, 0.15) is 38.6 Å². The highest BCUT2D eigenvalue weighted by Crippen LogP contribution is 2.05. The molecule has 1 aromatic rings. The molecule has 9 heteroatoms. The lowest BCUT2D eigenvalue weighted by Gasteiger charge is -2.11. The van der Waals surface area contributed by atoms with Gasteiger partial charge in [0.1, 0.15) is 0 Å². The van der Waals surface area contributed by atoms with Gasteiger partial charge in [-0.2, -0.15) is 5.21 Å². The van der Waals surface area contributed by atoms with Crippen LogP contribution in [0.3, 0.4) is 0 Å². The Bertz CT molecular complexity index is 407. The van der Waals surface area contributed by atoms with Gasteiger partial charge in [0.25, 0.3) is 0 Å². The molecule has 2 atom stereocenters. The van der Waals surface area contributed by atoms with Gasteiger partial charge in [-0.1, -0.05) is 12.1 Å². The number of rotatable bonds is 7. The first-order valence-corrected chi connectivity index (χ1v) is 6.01. The zero-order chi connectivity index (χ0) is 14.3. The van der Waals surface area contributed by atoms with E-state index in [1.165, 1.54) is 0 Å². The van der Waals surface area contributed by atoms with Crippen molar-refractivity contribution in [3.05, 3.63) is 5.82 Å². The Morgan fingerprint density at radius 3 is 2.74 bits per heavy atom. The third-order valence-electron chi connectivity index (χ3n) is 2.62. The summed E-state index contributed by atoms with van der Waals surface area (Å²) in [7, 11) is 0. The van der Waals surface area contributed by atoms with Crippen molar-refractivity contribution >= 4 is 12.0 Å². The van der Waals surface area contributed by atoms with E-state index in [0.29, 0.717) is 25.2 Å². The van der Waals surface area contributed by atoms with Gasteiger partial charge in [-0.15, -0.1) is 10.2 Å². The molecule has 0 aromatic carbocycles. The standard InChI is InChI=1S/C10H18N6O3/c1-6(9(17)18)4-3-5-11-10(19)12-7(2)8-13-15-16-14-8/h6-7H,3-5H2,1-2H3,(H,17,18)(H2,11,12,19)(H,13,14,15,16). The molecular weight excluding hydrogens is 252 g/mol. The monoisotopic (exact) mass is 270 g/mol. The number of H-pyrrole nitrogens is 1. The summed E-state index contributed by atoms with van der Waals surface area (Å²) in [5.41, 5.74) is 0. The van der Waals surface area contributed by atoms with Crippen molar-refractivity contribution < 1.29 is 14.7 Å². The molecule has 0 saturated heterocycles. The molecule has 0 aliphatic rings. The molecule has 2 unspecified atom stereocenters. The average molecular weight is 270 g/mol. The van der Waals surface area contributed by atoms with Crippen LogP contribution in [0.15, 0.2) is 0 Å². The van der Waals surface area contributed by atoms with E-state index in [-0.39, 0.29) is 12.1 Å². The molecule has 1 aromatic heterocycles. The predicted octanol–water partition coefficient (Wildman–Crippen LogP) is 0.0608. The fourth-order valence-corrected chi connectivity index (χ4v) is 1.40. The Morgan fingerprint density at radius 2 is 2.16 bits per heavy atom. The van der Waals surface area contributed by atoms with Gasteiger partial charge in [0, 0.05) is 6.54 Å². The second-order valence-corrected chi connectivity index (χ2v) is 4.27. The molecule has 9 nitrogen and oxygen atoms in total. The number of nitrogens with zero attached hydrogens (tertiary/aromatic N) is 3. The number of amides is 2. The number of carbonyl (C=O) groups excluding carboxylic acids is 1. The minimum absolute atomic E-state index is 0.347. The predicted molar refractivity (Wildman–Crippen MR) is 65.2 cm³/mol. The van der Waals surface area contributed by atoms with Gasteiger partial charge in [0.2, 0.25) is 0 Å². The van der Waals surface area contributed by atoms with Gasteiger partial charge in [0.15, 0.2) is 5.82 Å². The largest absolute Gasteiger partial charge is 0.481 e. The summed E-state index contributed by atoms with van der Waals surface area (Å²) < 4.78 is 0. The lowest BCUT2D eigenvalue weighted by Crippen LogP contribution is -2.38. The summed E-state index contributed by atoms with van der Waals surface area (Å²) in [5.74, 6) is -0.826. The summed E-state index contributed by atoms with van der Waals surface area (Å²) in [5, 5.41) is 27.2. The zero-order valence-electron chi connectivity index (χ0n) is 10.9. The number of hydrogen-bond donors (Lipinski definition) is 4. The maximum Gasteiger partial charge on any atom is 0.315 e. The molecule has 0 fully saturated rings. The topological polar surface area (TPSA) is 133 Å². The Morgan fingerprint density at radius 1 is 1.42 bits per heavy atom. The van der Waals surface area contributed by atoms with E-state index in [1.807, 2.05) is 0 Å². The third kappa shape index (κ3) is 5.32. The number of tetrazole rings is 1. The molecule has 106 valence electrons. The van der Waals surface area contributed by atoms with E-state index in [4.69, 9.17) is 5.11 Å². The van der Waals surface area contributed by atoms with Gasteiger partial charge < -0.3 is 15.7 Å². The third-order valence-corrected chi connectivity index (χ3v) is 2.62. The molecule has 0 spiro atoms. The molecule has 1 rings (SSSR count). The minimum atomic E-state index is -0.824. The van der Waals surface area contributed by atoms with E-state index in [9.17, 15) is 9.59 Å². The molecule has 0 bridgehead atoms. The van der Waals surface area contributed by atoms with Gasteiger partial charge in [0.05, 0.1) is 12.0 Å². The van der Waals surface area contributed by atoms with Crippen LogP contribution in [0.2, 0.25) is 0 Å². The Kier molecular flexibility index (Phi) is 5.71. The molecule has 0 saturated carbocycles. The molecule has 0 aliphatic carbocycles. The van der Waals surface area contributed by atoms with Crippen molar-refractivity contribution in [1.29, 1.82) is 0 Å². The van der Waals surface area contributed by atoms with E-state index in [0.717, 1.165) is 0 Å². The zero-order valence-corrected chi connectivity index (χ0v) is 10.9. The summed E-state index contributed by atoms with van der Waals surface area (Å²) in [6.07, 6.45) is 1.13. The smallest absolute Gasteiger partial charge is 0.315 e. The Balaban J connectivity index is 2.16. The van der Waals surface area contributed by atoms with Crippen LogP contribution in [-0.4, -0.2) is 44.3 Å². The highest BCUT2D eigenvalue weighted by atomic mass is 16.4. The number of carbonyl (C=O) groups is 2. The van der Waals surface area contributed by atoms with Crippen LogP contribution in [0, 0.1) is 5.92 Å². The van der Waals surface area contributed by atoms with Crippen molar-refractivity contribution in [2.24, 2.45) is 5.92 Å². The lowest BCUT2D eigenvalue weighted by molar-refractivity contribution is -0.141. The molecule has 19 heavy (non-hydrogen) atoms. The Labute approximate surface area is 110 Å². The lowest BCUT2D eigenvalue weighted by atomic mass is 10.1. The second kappa shape index (κ2) is 7.29.